The van der Waals surface area contributed by atoms with Gasteiger partial charge in [0.05, 0.1) is 13.2 Å². The number of morpholine rings is 1. The summed E-state index contributed by atoms with van der Waals surface area (Å²) in [7, 11) is 1.48. The fourth-order valence-corrected chi connectivity index (χ4v) is 2.39. The Kier molecular flexibility index (Phi) is 5.77. The van der Waals surface area contributed by atoms with E-state index in [-0.39, 0.29) is 17.5 Å². The number of carbonyl (C=O) groups is 2. The average Bonchev–Trinajstić information content (AvgIpc) is 2.72. The van der Waals surface area contributed by atoms with Crippen LogP contribution in [0.15, 0.2) is 30.7 Å². The van der Waals surface area contributed by atoms with Crippen molar-refractivity contribution in [3.63, 3.8) is 0 Å². The zero-order valence-electron chi connectivity index (χ0n) is 14.2. The van der Waals surface area contributed by atoms with Gasteiger partial charge in [0.2, 0.25) is 23.8 Å². The molecule has 2 aromatic rings. The number of ether oxygens (including phenoxy) is 2. The summed E-state index contributed by atoms with van der Waals surface area (Å²) in [4.78, 5) is 42.3. The molecule has 3 rings (SSSR count). The molecule has 0 bridgehead atoms. The second kappa shape index (κ2) is 8.41. The van der Waals surface area contributed by atoms with E-state index in [0.29, 0.717) is 26.3 Å². The minimum absolute atomic E-state index is 0.0459. The number of hydrogen-bond donors (Lipinski definition) is 1. The first-order valence-corrected chi connectivity index (χ1v) is 8.04. The molecule has 136 valence electrons. The van der Waals surface area contributed by atoms with Crippen molar-refractivity contribution in [3.05, 3.63) is 42.4 Å². The molecular weight excluding hydrogens is 340 g/mol. The van der Waals surface area contributed by atoms with Gasteiger partial charge in [-0.2, -0.15) is 4.98 Å². The number of rotatable bonds is 6. The average molecular weight is 358 g/mol. The number of amides is 1. The lowest BCUT2D eigenvalue weighted by Gasteiger charge is -2.32. The lowest BCUT2D eigenvalue weighted by atomic mass is 10.2. The van der Waals surface area contributed by atoms with Gasteiger partial charge in [0, 0.05) is 44.8 Å². The molecule has 1 atom stereocenters. The zero-order chi connectivity index (χ0) is 18.4. The first-order valence-electron chi connectivity index (χ1n) is 8.04. The Balaban J connectivity index is 1.86. The van der Waals surface area contributed by atoms with Crippen molar-refractivity contribution >= 4 is 11.7 Å². The molecule has 26 heavy (non-hydrogen) atoms. The molecule has 10 nitrogen and oxygen atoms in total. The van der Waals surface area contributed by atoms with E-state index in [1.807, 2.05) is 4.90 Å². The topological polar surface area (TPSA) is 119 Å². The summed E-state index contributed by atoms with van der Waals surface area (Å²) in [5, 5.41) is 2.44. The van der Waals surface area contributed by atoms with E-state index in [0.717, 1.165) is 0 Å². The molecule has 1 aliphatic heterocycles. The minimum atomic E-state index is -0.978. The van der Waals surface area contributed by atoms with Gasteiger partial charge in [-0.15, -0.1) is 0 Å². The van der Waals surface area contributed by atoms with Crippen molar-refractivity contribution in [2.75, 3.05) is 33.4 Å². The van der Waals surface area contributed by atoms with Crippen LogP contribution in [0, 0.1) is 0 Å². The fraction of sp³-hybridized carbons (Fsp3) is 0.375. The first kappa shape index (κ1) is 17.8. The predicted molar refractivity (Wildman–Crippen MR) is 88.6 cm³/mol. The highest BCUT2D eigenvalue weighted by Gasteiger charge is 2.32. The quantitative estimate of drug-likeness (QED) is 0.684. The molecule has 1 fully saturated rings. The van der Waals surface area contributed by atoms with Gasteiger partial charge in [0.15, 0.2) is 0 Å². The summed E-state index contributed by atoms with van der Waals surface area (Å²) >= 11 is 0. The first-order chi connectivity index (χ1) is 12.7. The van der Waals surface area contributed by atoms with Gasteiger partial charge in [-0.05, 0) is 6.07 Å². The van der Waals surface area contributed by atoms with E-state index in [1.54, 1.807) is 6.07 Å². The molecule has 10 heteroatoms. The Hall–Kier alpha value is -2.98. The highest BCUT2D eigenvalue weighted by molar-refractivity contribution is 5.96. The van der Waals surface area contributed by atoms with Crippen molar-refractivity contribution in [1.29, 1.82) is 0 Å². The monoisotopic (exact) mass is 358 g/mol. The van der Waals surface area contributed by atoms with Crippen molar-refractivity contribution in [2.24, 2.45) is 0 Å². The maximum Gasteiger partial charge on any atom is 0.288 e. The number of hydrogen-bond acceptors (Lipinski definition) is 9. The molecule has 2 aromatic heterocycles. The predicted octanol–water partition coefficient (Wildman–Crippen LogP) is -0.454. The molecule has 0 aliphatic carbocycles. The van der Waals surface area contributed by atoms with Crippen LogP contribution in [0.1, 0.15) is 21.2 Å². The third-order valence-electron chi connectivity index (χ3n) is 3.68. The zero-order valence-corrected chi connectivity index (χ0v) is 14.2. The normalized spacial score (nSPS) is 15.9. The summed E-state index contributed by atoms with van der Waals surface area (Å²) in [6, 6.07) is 3.11. The molecule has 0 aromatic carbocycles. The van der Waals surface area contributed by atoms with Crippen LogP contribution in [0.25, 0.3) is 0 Å². The maximum absolute atomic E-state index is 12.9. The molecule has 1 amide bonds. The van der Waals surface area contributed by atoms with E-state index in [9.17, 15) is 9.59 Å². The molecule has 0 radical (unpaired) electrons. The van der Waals surface area contributed by atoms with Gasteiger partial charge in [-0.3, -0.25) is 14.5 Å². The van der Waals surface area contributed by atoms with Crippen LogP contribution in [-0.2, 0) is 4.74 Å². The van der Waals surface area contributed by atoms with Crippen LogP contribution < -0.4 is 10.1 Å². The third-order valence-corrected chi connectivity index (χ3v) is 3.68. The summed E-state index contributed by atoms with van der Waals surface area (Å²) in [5.74, 6) is -0.734. The second-order valence-corrected chi connectivity index (χ2v) is 5.35. The highest BCUT2D eigenvalue weighted by Crippen LogP contribution is 2.15. The van der Waals surface area contributed by atoms with Crippen LogP contribution in [0.2, 0.25) is 0 Å². The SMILES string of the molecule is CNC(=O)c1nccc(OC(C(=O)c2ncccn2)N2CCOCC2)n1. The lowest BCUT2D eigenvalue weighted by Crippen LogP contribution is -2.51. The van der Waals surface area contributed by atoms with Crippen molar-refractivity contribution in [2.45, 2.75) is 6.23 Å². The second-order valence-electron chi connectivity index (χ2n) is 5.35. The van der Waals surface area contributed by atoms with Gasteiger partial charge >= 0.3 is 0 Å². The van der Waals surface area contributed by atoms with E-state index in [4.69, 9.17) is 9.47 Å². The van der Waals surface area contributed by atoms with Crippen molar-refractivity contribution in [1.82, 2.24) is 30.2 Å². The van der Waals surface area contributed by atoms with E-state index in [2.05, 4.69) is 25.3 Å². The molecule has 1 saturated heterocycles. The van der Waals surface area contributed by atoms with Crippen LogP contribution in [0.4, 0.5) is 0 Å². The smallest absolute Gasteiger partial charge is 0.288 e. The minimum Gasteiger partial charge on any atom is -0.450 e. The molecule has 0 saturated carbocycles. The Labute approximate surface area is 149 Å². The molecule has 1 unspecified atom stereocenters. The summed E-state index contributed by atoms with van der Waals surface area (Å²) < 4.78 is 11.1. The number of aromatic nitrogens is 4. The molecule has 1 N–H and O–H groups in total. The van der Waals surface area contributed by atoms with Crippen LogP contribution >= 0.6 is 0 Å². The molecular formula is C16H18N6O4. The molecule has 1 aliphatic rings. The maximum atomic E-state index is 12.9. The van der Waals surface area contributed by atoms with Gasteiger partial charge < -0.3 is 14.8 Å². The number of nitrogens with zero attached hydrogens (tertiary/aromatic N) is 5. The van der Waals surface area contributed by atoms with Crippen LogP contribution in [0.5, 0.6) is 5.88 Å². The van der Waals surface area contributed by atoms with Gasteiger partial charge in [0.25, 0.3) is 11.7 Å². The number of ketones is 1. The third kappa shape index (κ3) is 4.16. The number of nitrogens with one attached hydrogen (secondary N) is 1. The summed E-state index contributed by atoms with van der Waals surface area (Å²) in [6.07, 6.45) is 3.40. The Morgan fingerprint density at radius 3 is 2.54 bits per heavy atom. The standard InChI is InChI=1S/C16H18N6O4/c1-17-15(24)14-20-6-3-11(21-14)26-16(22-7-9-25-10-8-22)12(23)13-18-4-2-5-19-13/h2-6,16H,7-10H2,1H3,(H,17,24). The van der Waals surface area contributed by atoms with Crippen molar-refractivity contribution in [3.8, 4) is 5.88 Å². The van der Waals surface area contributed by atoms with Gasteiger partial charge in [-0.25, -0.2) is 15.0 Å². The Morgan fingerprint density at radius 1 is 1.15 bits per heavy atom. The number of carbonyl (C=O) groups excluding carboxylic acids is 2. The summed E-state index contributed by atoms with van der Waals surface area (Å²) in [6.45, 7) is 1.99. The molecule has 3 heterocycles. The van der Waals surface area contributed by atoms with E-state index in [1.165, 1.54) is 31.7 Å². The van der Waals surface area contributed by atoms with E-state index < -0.39 is 17.9 Å². The molecule has 0 spiro atoms. The summed E-state index contributed by atoms with van der Waals surface area (Å²) in [5.41, 5.74) is 0. The highest BCUT2D eigenvalue weighted by atomic mass is 16.5. The Bertz CT molecular complexity index is 766. The van der Waals surface area contributed by atoms with Crippen molar-refractivity contribution < 1.29 is 19.1 Å². The Morgan fingerprint density at radius 2 is 1.85 bits per heavy atom. The van der Waals surface area contributed by atoms with Crippen LogP contribution in [0.3, 0.4) is 0 Å². The van der Waals surface area contributed by atoms with Crippen LogP contribution in [-0.4, -0.2) is 76.1 Å². The van der Waals surface area contributed by atoms with Gasteiger partial charge in [-0.1, -0.05) is 0 Å². The van der Waals surface area contributed by atoms with Gasteiger partial charge in [0.1, 0.15) is 0 Å². The lowest BCUT2D eigenvalue weighted by molar-refractivity contribution is -0.0351. The fourth-order valence-electron chi connectivity index (χ4n) is 2.39. The largest absolute Gasteiger partial charge is 0.450 e. The number of Topliss-reactive ketones (excluding diaryl/α,β-unsaturated/α-hetero) is 1. The van der Waals surface area contributed by atoms with E-state index >= 15 is 0 Å².